The predicted molar refractivity (Wildman–Crippen MR) is 77.0 cm³/mol. The second-order valence-corrected chi connectivity index (χ2v) is 6.23. The van der Waals surface area contributed by atoms with Crippen molar-refractivity contribution in [3.05, 3.63) is 0 Å². The first-order valence-electron chi connectivity index (χ1n) is 7.58. The Balaban J connectivity index is 2.80. The summed E-state index contributed by atoms with van der Waals surface area (Å²) in [7, 11) is 0. The third kappa shape index (κ3) is 3.04. The first kappa shape index (κ1) is 17.5. The molecule has 0 saturated carbocycles. The van der Waals surface area contributed by atoms with Crippen LogP contribution in [-0.4, -0.2) is 24.6 Å². The molecule has 1 heterocycles. The van der Waals surface area contributed by atoms with Crippen LogP contribution in [0.4, 0.5) is 0 Å². The van der Waals surface area contributed by atoms with Crippen LogP contribution in [0.25, 0.3) is 0 Å². The average molecular weight is 295 g/mol. The summed E-state index contributed by atoms with van der Waals surface area (Å²) in [4.78, 5) is 24.1. The monoisotopic (exact) mass is 295 g/mol. The van der Waals surface area contributed by atoms with Gasteiger partial charge in [-0.3, -0.25) is 9.59 Å². The molecular formula is C16H25NO4. The average Bonchev–Trinajstić information content (AvgIpc) is 2.75. The summed E-state index contributed by atoms with van der Waals surface area (Å²) in [5.74, 6) is -1.03. The van der Waals surface area contributed by atoms with Crippen molar-refractivity contribution in [1.82, 2.24) is 0 Å². The summed E-state index contributed by atoms with van der Waals surface area (Å²) in [6.07, 6.45) is 1.18. The van der Waals surface area contributed by atoms with Crippen LogP contribution in [0, 0.1) is 28.1 Å². The smallest absolute Gasteiger partial charge is 0.327 e. The molecule has 3 unspecified atom stereocenters. The molecule has 0 N–H and O–H groups in total. The van der Waals surface area contributed by atoms with Gasteiger partial charge in [0, 0.05) is 5.92 Å². The third-order valence-electron chi connectivity index (χ3n) is 4.72. The maximum atomic E-state index is 12.1. The lowest BCUT2D eigenvalue weighted by Crippen LogP contribution is -2.35. The highest BCUT2D eigenvalue weighted by Crippen LogP contribution is 2.44. The molecule has 1 aliphatic rings. The maximum Gasteiger partial charge on any atom is 0.327 e. The fraction of sp³-hybridized carbons (Fsp3) is 0.812. The number of cyclic esters (lactones) is 1. The van der Waals surface area contributed by atoms with Gasteiger partial charge in [0.05, 0.1) is 11.5 Å². The van der Waals surface area contributed by atoms with Gasteiger partial charge in [0.2, 0.25) is 0 Å². The molecule has 0 aromatic carbocycles. The van der Waals surface area contributed by atoms with Crippen molar-refractivity contribution in [1.29, 1.82) is 5.26 Å². The van der Waals surface area contributed by atoms with Gasteiger partial charge in [0.1, 0.15) is 12.7 Å². The summed E-state index contributed by atoms with van der Waals surface area (Å²) < 4.78 is 10.6. The van der Waals surface area contributed by atoms with Crippen LogP contribution in [0.1, 0.15) is 53.9 Å². The second kappa shape index (κ2) is 6.46. The van der Waals surface area contributed by atoms with E-state index in [9.17, 15) is 14.9 Å². The summed E-state index contributed by atoms with van der Waals surface area (Å²) in [6, 6.07) is 2.12. The highest BCUT2D eigenvalue weighted by Gasteiger charge is 2.56. The Hall–Kier alpha value is -1.57. The van der Waals surface area contributed by atoms with E-state index in [-0.39, 0.29) is 18.5 Å². The van der Waals surface area contributed by atoms with Gasteiger partial charge >= 0.3 is 11.9 Å². The van der Waals surface area contributed by atoms with E-state index in [4.69, 9.17) is 9.47 Å². The molecule has 5 nitrogen and oxygen atoms in total. The molecule has 1 fully saturated rings. The number of nitrogens with zero attached hydrogens (tertiary/aromatic N) is 1. The van der Waals surface area contributed by atoms with Crippen molar-refractivity contribution in [2.75, 3.05) is 6.61 Å². The molecule has 0 aromatic rings. The van der Waals surface area contributed by atoms with Crippen molar-refractivity contribution in [3.8, 4) is 6.07 Å². The largest absolute Gasteiger partial charge is 0.461 e. The van der Waals surface area contributed by atoms with Crippen LogP contribution in [0.3, 0.4) is 0 Å². The molecule has 0 radical (unpaired) electrons. The lowest BCUT2D eigenvalue weighted by Gasteiger charge is -2.25. The van der Waals surface area contributed by atoms with Gasteiger partial charge in [-0.05, 0) is 33.1 Å². The molecule has 1 aliphatic heterocycles. The summed E-state index contributed by atoms with van der Waals surface area (Å²) in [5, 5.41) is 9.39. The Morgan fingerprint density at radius 2 is 2.05 bits per heavy atom. The van der Waals surface area contributed by atoms with Crippen LogP contribution >= 0.6 is 0 Å². The Kier molecular flexibility index (Phi) is 5.38. The van der Waals surface area contributed by atoms with E-state index in [1.54, 1.807) is 0 Å². The first-order valence-corrected chi connectivity index (χ1v) is 7.58. The van der Waals surface area contributed by atoms with Crippen molar-refractivity contribution in [3.63, 3.8) is 0 Å². The lowest BCUT2D eigenvalue weighted by molar-refractivity contribution is -0.161. The minimum Gasteiger partial charge on any atom is -0.461 e. The van der Waals surface area contributed by atoms with Crippen LogP contribution in [0.5, 0.6) is 0 Å². The number of ether oxygens (including phenoxy) is 2. The summed E-state index contributed by atoms with van der Waals surface area (Å²) in [6.45, 7) is 9.30. The maximum absolute atomic E-state index is 12.1. The molecule has 1 saturated heterocycles. The van der Waals surface area contributed by atoms with Crippen LogP contribution in [0.15, 0.2) is 0 Å². The molecule has 0 aliphatic carbocycles. The molecule has 0 spiro atoms. The standard InChI is InChI=1S/C16H25NO4/c1-6-11-12(9-20-13(18)15(4,5)7-2)21-14(19)16(11,8-3)10-17/h11-12H,6-9H2,1-5H3. The van der Waals surface area contributed by atoms with Crippen molar-refractivity contribution in [2.24, 2.45) is 16.7 Å². The van der Waals surface area contributed by atoms with Gasteiger partial charge in [0.25, 0.3) is 0 Å². The number of carbonyl (C=O) groups excluding carboxylic acids is 2. The Morgan fingerprint density at radius 1 is 1.43 bits per heavy atom. The van der Waals surface area contributed by atoms with E-state index in [0.717, 1.165) is 0 Å². The minimum atomic E-state index is -1.11. The van der Waals surface area contributed by atoms with Crippen LogP contribution in [-0.2, 0) is 19.1 Å². The van der Waals surface area contributed by atoms with Gasteiger partial charge in [-0.1, -0.05) is 20.8 Å². The van der Waals surface area contributed by atoms with Gasteiger partial charge < -0.3 is 9.47 Å². The van der Waals surface area contributed by atoms with Crippen LogP contribution in [0.2, 0.25) is 0 Å². The first-order chi connectivity index (χ1) is 9.78. The number of nitriles is 1. The van der Waals surface area contributed by atoms with E-state index >= 15 is 0 Å². The highest BCUT2D eigenvalue weighted by molar-refractivity contribution is 5.83. The van der Waals surface area contributed by atoms with E-state index < -0.39 is 22.9 Å². The number of esters is 2. The van der Waals surface area contributed by atoms with Crippen LogP contribution < -0.4 is 0 Å². The summed E-state index contributed by atoms with van der Waals surface area (Å²) >= 11 is 0. The zero-order chi connectivity index (χ0) is 16.3. The number of carbonyl (C=O) groups is 2. The molecule has 1 rings (SSSR count). The zero-order valence-corrected chi connectivity index (χ0v) is 13.6. The number of rotatable bonds is 6. The Morgan fingerprint density at radius 3 is 2.48 bits per heavy atom. The third-order valence-corrected chi connectivity index (χ3v) is 4.72. The van der Waals surface area contributed by atoms with E-state index in [1.807, 2.05) is 34.6 Å². The van der Waals surface area contributed by atoms with Gasteiger partial charge in [-0.15, -0.1) is 0 Å². The predicted octanol–water partition coefficient (Wildman–Crippen LogP) is 2.84. The zero-order valence-electron chi connectivity index (χ0n) is 13.6. The molecule has 3 atom stereocenters. The summed E-state index contributed by atoms with van der Waals surface area (Å²) in [5.41, 5.74) is -1.66. The molecule has 0 bridgehead atoms. The molecule has 0 amide bonds. The van der Waals surface area contributed by atoms with Gasteiger partial charge in [-0.2, -0.15) is 5.26 Å². The highest BCUT2D eigenvalue weighted by atomic mass is 16.6. The number of hydrogen-bond donors (Lipinski definition) is 0. The van der Waals surface area contributed by atoms with Crippen molar-refractivity contribution >= 4 is 11.9 Å². The molecule has 21 heavy (non-hydrogen) atoms. The SMILES string of the molecule is CCC1C(COC(=O)C(C)(C)CC)OC(=O)C1(C#N)CC. The number of hydrogen-bond acceptors (Lipinski definition) is 5. The molecular weight excluding hydrogens is 270 g/mol. The van der Waals surface area contributed by atoms with E-state index in [2.05, 4.69) is 6.07 Å². The fourth-order valence-electron chi connectivity index (χ4n) is 2.67. The molecule has 0 aromatic heterocycles. The Bertz CT molecular complexity index is 452. The fourth-order valence-corrected chi connectivity index (χ4v) is 2.67. The van der Waals surface area contributed by atoms with Crippen molar-refractivity contribution in [2.45, 2.75) is 60.0 Å². The normalized spacial score (nSPS) is 28.9. The van der Waals surface area contributed by atoms with Gasteiger partial charge in [-0.25, -0.2) is 0 Å². The second-order valence-electron chi connectivity index (χ2n) is 6.23. The van der Waals surface area contributed by atoms with E-state index in [0.29, 0.717) is 19.3 Å². The van der Waals surface area contributed by atoms with E-state index in [1.165, 1.54) is 0 Å². The quantitative estimate of drug-likeness (QED) is 0.704. The lowest BCUT2D eigenvalue weighted by atomic mass is 9.73. The molecule has 5 heteroatoms. The van der Waals surface area contributed by atoms with Crippen molar-refractivity contribution < 1.29 is 19.1 Å². The Labute approximate surface area is 126 Å². The molecule has 118 valence electrons. The topological polar surface area (TPSA) is 76.4 Å². The van der Waals surface area contributed by atoms with Gasteiger partial charge in [0.15, 0.2) is 5.41 Å². The minimum absolute atomic E-state index is 0.0238.